The number of aromatic nitrogens is 3. The largest absolute Gasteiger partial charge is 0.338 e. The Morgan fingerprint density at radius 1 is 1.25 bits per heavy atom. The van der Waals surface area contributed by atoms with E-state index in [1.807, 2.05) is 41.8 Å². The molecule has 1 aromatic carbocycles. The molecule has 7 nitrogen and oxygen atoms in total. The lowest BCUT2D eigenvalue weighted by Crippen LogP contribution is -2.42. The lowest BCUT2D eigenvalue weighted by Gasteiger charge is -2.17. The Kier molecular flexibility index (Phi) is 6.36. The molecule has 0 saturated carbocycles. The summed E-state index contributed by atoms with van der Waals surface area (Å²) in [5, 5.41) is 13.0. The number of hydrogen-bond acceptors (Lipinski definition) is 5. The van der Waals surface area contributed by atoms with Crippen molar-refractivity contribution in [2.24, 2.45) is 0 Å². The summed E-state index contributed by atoms with van der Waals surface area (Å²) in [4.78, 5) is 23.5. The van der Waals surface area contributed by atoms with E-state index < -0.39 is 11.3 Å². The van der Waals surface area contributed by atoms with Gasteiger partial charge in [0, 0.05) is 6.54 Å². The number of imide groups is 1. The van der Waals surface area contributed by atoms with Gasteiger partial charge < -0.3 is 9.88 Å². The van der Waals surface area contributed by atoms with Gasteiger partial charge >= 0.3 is 6.03 Å². The summed E-state index contributed by atoms with van der Waals surface area (Å²) in [7, 11) is 0. The molecule has 0 unspecified atom stereocenters. The molecule has 0 aliphatic carbocycles. The minimum Gasteiger partial charge on any atom is -0.338 e. The van der Waals surface area contributed by atoms with E-state index in [1.165, 1.54) is 11.8 Å². The quantitative estimate of drug-likeness (QED) is 0.782. The summed E-state index contributed by atoms with van der Waals surface area (Å²) in [5.74, 6) is -0.368. The Morgan fingerprint density at radius 3 is 2.62 bits per heavy atom. The summed E-state index contributed by atoms with van der Waals surface area (Å²) in [6, 6.07) is 9.54. The number of carbonyl (C=O) groups is 2. The van der Waals surface area contributed by atoms with Gasteiger partial charge in [-0.2, -0.15) is 0 Å². The molecule has 0 aliphatic rings. The van der Waals surface area contributed by atoms with Gasteiger partial charge in [-0.15, -0.1) is 10.2 Å². The Balaban J connectivity index is 2.05. The molecule has 128 valence electrons. The maximum Gasteiger partial charge on any atom is 0.321 e. The summed E-state index contributed by atoms with van der Waals surface area (Å²) < 4.78 is 1.91. The molecule has 0 radical (unpaired) electrons. The first-order valence-corrected chi connectivity index (χ1v) is 8.60. The smallest absolute Gasteiger partial charge is 0.321 e. The van der Waals surface area contributed by atoms with Crippen LogP contribution in [0.5, 0.6) is 0 Å². The highest BCUT2D eigenvalue weighted by Crippen LogP contribution is 2.26. The highest BCUT2D eigenvalue weighted by molar-refractivity contribution is 8.00. The fourth-order valence-electron chi connectivity index (χ4n) is 2.10. The number of thioether (sulfide) groups is 1. The predicted octanol–water partition coefficient (Wildman–Crippen LogP) is 2.21. The van der Waals surface area contributed by atoms with E-state index in [0.717, 1.165) is 5.56 Å². The summed E-state index contributed by atoms with van der Waals surface area (Å²) in [6.45, 7) is 6.02. The second kappa shape index (κ2) is 8.49. The van der Waals surface area contributed by atoms with Crippen LogP contribution in [0.15, 0.2) is 41.8 Å². The first-order valence-electron chi connectivity index (χ1n) is 7.72. The number of rotatable bonds is 6. The van der Waals surface area contributed by atoms with Gasteiger partial charge in [0.05, 0.1) is 11.3 Å². The van der Waals surface area contributed by atoms with Gasteiger partial charge in [0.2, 0.25) is 5.91 Å². The molecular formula is C16H21N5O2S. The van der Waals surface area contributed by atoms with Crippen LogP contribution in [0.3, 0.4) is 0 Å². The molecule has 2 aromatic rings. The lowest BCUT2D eigenvalue weighted by molar-refractivity contribution is -0.119. The van der Waals surface area contributed by atoms with Crippen molar-refractivity contribution in [1.82, 2.24) is 25.4 Å². The van der Waals surface area contributed by atoms with Crippen molar-refractivity contribution in [1.29, 1.82) is 0 Å². The van der Waals surface area contributed by atoms with Crippen LogP contribution in [0.25, 0.3) is 0 Å². The Labute approximate surface area is 145 Å². The molecule has 1 aromatic heterocycles. The average molecular weight is 347 g/mol. The van der Waals surface area contributed by atoms with E-state index >= 15 is 0 Å². The second-order valence-electron chi connectivity index (χ2n) is 5.22. The first-order chi connectivity index (χ1) is 11.5. The molecule has 2 N–H and O–H groups in total. The number of urea groups is 1. The topological polar surface area (TPSA) is 88.9 Å². The third-order valence-corrected chi connectivity index (χ3v) is 4.54. The van der Waals surface area contributed by atoms with Crippen molar-refractivity contribution >= 4 is 23.7 Å². The molecule has 1 heterocycles. The maximum absolute atomic E-state index is 12.1. The minimum absolute atomic E-state index is 0.0438. The van der Waals surface area contributed by atoms with Crippen molar-refractivity contribution in [2.45, 2.75) is 37.2 Å². The van der Waals surface area contributed by atoms with Crippen molar-refractivity contribution in [2.75, 3.05) is 6.54 Å². The van der Waals surface area contributed by atoms with E-state index in [0.29, 0.717) is 11.7 Å². The summed E-state index contributed by atoms with van der Waals surface area (Å²) >= 11 is 1.27. The van der Waals surface area contributed by atoms with Crippen LogP contribution in [0, 0.1) is 0 Å². The summed E-state index contributed by atoms with van der Waals surface area (Å²) in [6.07, 6.45) is 1.65. The zero-order valence-corrected chi connectivity index (χ0v) is 14.7. The van der Waals surface area contributed by atoms with Crippen LogP contribution < -0.4 is 10.6 Å². The second-order valence-corrected chi connectivity index (χ2v) is 6.52. The molecule has 0 aliphatic heterocycles. The van der Waals surface area contributed by atoms with Crippen molar-refractivity contribution < 1.29 is 9.59 Å². The lowest BCUT2D eigenvalue weighted by atomic mass is 10.1. The number of benzene rings is 1. The van der Waals surface area contributed by atoms with Crippen LogP contribution in [-0.4, -0.2) is 38.5 Å². The molecule has 0 spiro atoms. The molecular weight excluding hydrogens is 326 g/mol. The molecule has 24 heavy (non-hydrogen) atoms. The monoisotopic (exact) mass is 347 g/mol. The Morgan fingerprint density at radius 2 is 1.96 bits per heavy atom. The molecule has 0 fully saturated rings. The zero-order chi connectivity index (χ0) is 17.5. The predicted molar refractivity (Wildman–Crippen MR) is 92.8 cm³/mol. The molecule has 0 bridgehead atoms. The SMILES string of the molecule is CCNC(=O)NC(=O)[C@@H](C)Sc1nncn1[C@H](C)c1ccccc1. The van der Waals surface area contributed by atoms with Gasteiger partial charge in [0.1, 0.15) is 6.33 Å². The normalized spacial score (nSPS) is 13.1. The van der Waals surface area contributed by atoms with E-state index in [9.17, 15) is 9.59 Å². The number of nitrogens with zero attached hydrogens (tertiary/aromatic N) is 3. The zero-order valence-electron chi connectivity index (χ0n) is 13.9. The van der Waals surface area contributed by atoms with E-state index in [2.05, 4.69) is 20.8 Å². The van der Waals surface area contributed by atoms with Gasteiger partial charge in [0.15, 0.2) is 5.16 Å². The van der Waals surface area contributed by atoms with Gasteiger partial charge in [-0.1, -0.05) is 42.1 Å². The van der Waals surface area contributed by atoms with E-state index in [4.69, 9.17) is 0 Å². The van der Waals surface area contributed by atoms with Crippen LogP contribution in [0.1, 0.15) is 32.4 Å². The fraction of sp³-hybridized carbons (Fsp3) is 0.375. The molecule has 2 atom stereocenters. The van der Waals surface area contributed by atoms with E-state index in [-0.39, 0.29) is 11.9 Å². The standard InChI is InChI=1S/C16H21N5O2S/c1-4-17-15(23)19-14(22)12(3)24-16-20-18-10-21(16)11(2)13-8-6-5-7-9-13/h5-12H,4H2,1-3H3,(H2,17,19,22,23)/t11-,12-/m1/s1. The van der Waals surface area contributed by atoms with Crippen LogP contribution >= 0.6 is 11.8 Å². The van der Waals surface area contributed by atoms with Crippen LogP contribution in [0.2, 0.25) is 0 Å². The molecule has 3 amide bonds. The van der Waals surface area contributed by atoms with E-state index in [1.54, 1.807) is 20.2 Å². The Hall–Kier alpha value is -2.35. The molecule has 0 saturated heterocycles. The van der Waals surface area contributed by atoms with Crippen molar-refractivity contribution in [3.63, 3.8) is 0 Å². The molecule has 2 rings (SSSR count). The minimum atomic E-state index is -0.492. The summed E-state index contributed by atoms with van der Waals surface area (Å²) in [5.41, 5.74) is 1.12. The average Bonchev–Trinajstić information content (AvgIpc) is 3.03. The maximum atomic E-state index is 12.1. The number of nitrogens with one attached hydrogen (secondary N) is 2. The van der Waals surface area contributed by atoms with Crippen molar-refractivity contribution in [3.05, 3.63) is 42.2 Å². The highest BCUT2D eigenvalue weighted by atomic mass is 32.2. The van der Waals surface area contributed by atoms with Crippen LogP contribution in [-0.2, 0) is 4.79 Å². The number of amides is 3. The highest BCUT2D eigenvalue weighted by Gasteiger charge is 2.21. The fourth-order valence-corrected chi connectivity index (χ4v) is 3.01. The first kappa shape index (κ1) is 18.0. The van der Waals surface area contributed by atoms with Gasteiger partial charge in [0.25, 0.3) is 0 Å². The third kappa shape index (κ3) is 4.58. The van der Waals surface area contributed by atoms with Gasteiger partial charge in [-0.25, -0.2) is 4.79 Å². The Bertz CT molecular complexity index is 689. The number of hydrogen-bond donors (Lipinski definition) is 2. The van der Waals surface area contributed by atoms with Crippen molar-refractivity contribution in [3.8, 4) is 0 Å². The van der Waals surface area contributed by atoms with Gasteiger partial charge in [-0.05, 0) is 26.3 Å². The number of carbonyl (C=O) groups excluding carboxylic acids is 2. The van der Waals surface area contributed by atoms with Gasteiger partial charge in [-0.3, -0.25) is 10.1 Å². The third-order valence-electron chi connectivity index (χ3n) is 3.46. The molecule has 8 heteroatoms. The van der Waals surface area contributed by atoms with Crippen LogP contribution in [0.4, 0.5) is 4.79 Å².